The van der Waals surface area contributed by atoms with Crippen LogP contribution in [0.25, 0.3) is 0 Å². The Labute approximate surface area is 108 Å². The highest BCUT2D eigenvalue weighted by Gasteiger charge is 2.14. The maximum absolute atomic E-state index is 5.75. The van der Waals surface area contributed by atoms with Crippen molar-refractivity contribution in [2.75, 3.05) is 12.4 Å². The number of nitrogens with one attached hydrogen (secondary N) is 1. The minimum Gasteiger partial charge on any atom is -0.467 e. The van der Waals surface area contributed by atoms with Gasteiger partial charge in [-0.25, -0.2) is 0 Å². The predicted octanol–water partition coefficient (Wildman–Crippen LogP) is 0.835. The number of methoxy groups -OCH3 is 1. The summed E-state index contributed by atoms with van der Waals surface area (Å²) in [6.45, 7) is 1.91. The molecule has 0 radical (unpaired) electrons. The van der Waals surface area contributed by atoms with Crippen molar-refractivity contribution in [3.05, 3.63) is 17.4 Å². The molecule has 0 fully saturated rings. The molecule has 0 aliphatic rings. The second kappa shape index (κ2) is 5.13. The zero-order chi connectivity index (χ0) is 13.1. The quantitative estimate of drug-likeness (QED) is 0.879. The van der Waals surface area contributed by atoms with Crippen molar-refractivity contribution < 1.29 is 4.74 Å². The largest absolute Gasteiger partial charge is 0.467 e. The first-order valence-corrected chi connectivity index (χ1v) is 5.54. The van der Waals surface area contributed by atoms with Crippen LogP contribution >= 0.6 is 11.6 Å². The molecule has 0 aliphatic heterocycles. The number of halogens is 1. The van der Waals surface area contributed by atoms with Crippen molar-refractivity contribution in [3.63, 3.8) is 0 Å². The molecule has 2 aromatic heterocycles. The van der Waals surface area contributed by atoms with Crippen LogP contribution in [0.15, 0.2) is 6.33 Å². The van der Waals surface area contributed by atoms with Gasteiger partial charge in [0.1, 0.15) is 6.33 Å². The molecule has 1 atom stereocenters. The van der Waals surface area contributed by atoms with Gasteiger partial charge in [-0.05, 0) is 18.5 Å². The van der Waals surface area contributed by atoms with Gasteiger partial charge >= 0.3 is 6.01 Å². The van der Waals surface area contributed by atoms with E-state index in [0.717, 1.165) is 5.82 Å². The SMILES string of the molecule is COc1nc(Cl)nc(NC(C)c2nncn2C)n1. The number of hydrogen-bond donors (Lipinski definition) is 1. The van der Waals surface area contributed by atoms with Crippen LogP contribution in [0, 0.1) is 0 Å². The van der Waals surface area contributed by atoms with Gasteiger partial charge in [-0.3, -0.25) is 0 Å². The summed E-state index contributed by atoms with van der Waals surface area (Å²) in [4.78, 5) is 11.8. The van der Waals surface area contributed by atoms with Crippen molar-refractivity contribution in [1.29, 1.82) is 0 Å². The zero-order valence-corrected chi connectivity index (χ0v) is 10.9. The lowest BCUT2D eigenvalue weighted by molar-refractivity contribution is 0.378. The lowest BCUT2D eigenvalue weighted by Gasteiger charge is -2.12. The summed E-state index contributed by atoms with van der Waals surface area (Å²) in [6, 6.07) is 0.0309. The number of nitrogens with zero attached hydrogens (tertiary/aromatic N) is 6. The van der Waals surface area contributed by atoms with Gasteiger partial charge in [-0.15, -0.1) is 10.2 Å². The van der Waals surface area contributed by atoms with Crippen molar-refractivity contribution in [2.24, 2.45) is 7.05 Å². The number of rotatable bonds is 4. The average Bonchev–Trinajstić information content (AvgIpc) is 2.74. The molecule has 1 unspecified atom stereocenters. The van der Waals surface area contributed by atoms with E-state index in [1.165, 1.54) is 7.11 Å². The highest BCUT2D eigenvalue weighted by Crippen LogP contribution is 2.16. The first kappa shape index (κ1) is 12.5. The summed E-state index contributed by atoms with van der Waals surface area (Å²) in [5.41, 5.74) is 0. The Bertz CT molecular complexity index is 543. The van der Waals surface area contributed by atoms with E-state index in [1.54, 1.807) is 10.9 Å². The maximum atomic E-state index is 5.75. The maximum Gasteiger partial charge on any atom is 0.322 e. The van der Waals surface area contributed by atoms with Crippen molar-refractivity contribution >= 4 is 17.5 Å². The normalized spacial score (nSPS) is 12.2. The van der Waals surface area contributed by atoms with Crippen LogP contribution in [-0.4, -0.2) is 36.8 Å². The van der Waals surface area contributed by atoms with E-state index in [1.807, 2.05) is 14.0 Å². The molecule has 2 rings (SSSR count). The van der Waals surface area contributed by atoms with Crippen molar-refractivity contribution in [2.45, 2.75) is 13.0 Å². The second-order valence-corrected chi connectivity index (χ2v) is 3.92. The summed E-state index contributed by atoms with van der Waals surface area (Å²) >= 11 is 5.75. The van der Waals surface area contributed by atoms with Crippen LogP contribution in [0.2, 0.25) is 5.28 Å². The summed E-state index contributed by atoms with van der Waals surface area (Å²) in [5.74, 6) is 1.08. The molecule has 2 heterocycles. The number of anilines is 1. The van der Waals surface area contributed by atoms with E-state index in [9.17, 15) is 0 Å². The molecule has 18 heavy (non-hydrogen) atoms. The third-order valence-corrected chi connectivity index (χ3v) is 2.42. The van der Waals surface area contributed by atoms with E-state index in [-0.39, 0.29) is 17.3 Å². The van der Waals surface area contributed by atoms with Crippen molar-refractivity contribution in [3.8, 4) is 6.01 Å². The summed E-state index contributed by atoms with van der Waals surface area (Å²) < 4.78 is 6.72. The Morgan fingerprint density at radius 3 is 2.78 bits per heavy atom. The zero-order valence-electron chi connectivity index (χ0n) is 10.1. The Balaban J connectivity index is 2.19. The third kappa shape index (κ3) is 2.65. The van der Waals surface area contributed by atoms with Crippen LogP contribution in [0.5, 0.6) is 6.01 Å². The molecule has 0 amide bonds. The minimum atomic E-state index is -0.124. The summed E-state index contributed by atoms with van der Waals surface area (Å²) in [6.07, 6.45) is 1.62. The van der Waals surface area contributed by atoms with E-state index >= 15 is 0 Å². The molecule has 96 valence electrons. The van der Waals surface area contributed by atoms with E-state index in [4.69, 9.17) is 16.3 Å². The number of ether oxygens (including phenoxy) is 1. The fourth-order valence-corrected chi connectivity index (χ4v) is 1.58. The molecule has 0 bridgehead atoms. The molecule has 0 aliphatic carbocycles. The highest BCUT2D eigenvalue weighted by molar-refractivity contribution is 6.28. The predicted molar refractivity (Wildman–Crippen MR) is 64.4 cm³/mol. The molecule has 0 spiro atoms. The van der Waals surface area contributed by atoms with Gasteiger partial charge in [0.25, 0.3) is 0 Å². The average molecular weight is 270 g/mol. The van der Waals surface area contributed by atoms with Gasteiger partial charge in [-0.2, -0.15) is 15.0 Å². The molecule has 9 heteroatoms. The van der Waals surface area contributed by atoms with Gasteiger partial charge in [-0.1, -0.05) is 0 Å². The molecule has 8 nitrogen and oxygen atoms in total. The fourth-order valence-electron chi connectivity index (χ4n) is 1.43. The van der Waals surface area contributed by atoms with E-state index < -0.39 is 0 Å². The number of aromatic nitrogens is 6. The molecule has 0 saturated heterocycles. The molecule has 0 saturated carbocycles. The van der Waals surface area contributed by atoms with E-state index in [0.29, 0.717) is 5.95 Å². The lowest BCUT2D eigenvalue weighted by Crippen LogP contribution is -2.14. The van der Waals surface area contributed by atoms with Gasteiger partial charge in [0.05, 0.1) is 13.2 Å². The van der Waals surface area contributed by atoms with Crippen LogP contribution in [0.1, 0.15) is 18.8 Å². The Kier molecular flexibility index (Phi) is 3.56. The molecule has 2 aromatic rings. The third-order valence-electron chi connectivity index (χ3n) is 2.25. The Morgan fingerprint density at radius 1 is 1.39 bits per heavy atom. The molecular weight excluding hydrogens is 258 g/mol. The summed E-state index contributed by atoms with van der Waals surface area (Å²) in [5, 5.41) is 10.9. The van der Waals surface area contributed by atoms with Crippen LogP contribution < -0.4 is 10.1 Å². The van der Waals surface area contributed by atoms with Crippen LogP contribution in [-0.2, 0) is 7.05 Å². The van der Waals surface area contributed by atoms with E-state index in [2.05, 4.69) is 30.5 Å². The van der Waals surface area contributed by atoms with Crippen LogP contribution in [0.3, 0.4) is 0 Å². The van der Waals surface area contributed by atoms with Gasteiger partial charge in [0.2, 0.25) is 11.2 Å². The van der Waals surface area contributed by atoms with Gasteiger partial charge < -0.3 is 14.6 Å². The highest BCUT2D eigenvalue weighted by atomic mass is 35.5. The smallest absolute Gasteiger partial charge is 0.322 e. The van der Waals surface area contributed by atoms with Crippen LogP contribution in [0.4, 0.5) is 5.95 Å². The fraction of sp³-hybridized carbons (Fsp3) is 0.444. The van der Waals surface area contributed by atoms with Gasteiger partial charge in [0, 0.05) is 7.05 Å². The number of hydrogen-bond acceptors (Lipinski definition) is 7. The monoisotopic (exact) mass is 269 g/mol. The standard InChI is InChI=1S/C9H12ClN7O/c1-5(6-16-11-4-17(6)2)12-8-13-7(10)14-9(15-8)18-3/h4-5H,1-3H3,(H,12,13,14,15). The lowest BCUT2D eigenvalue weighted by atomic mass is 10.3. The molecular formula is C9H12ClN7O. The van der Waals surface area contributed by atoms with Gasteiger partial charge in [0.15, 0.2) is 5.82 Å². The number of aryl methyl sites for hydroxylation is 1. The first-order chi connectivity index (χ1) is 8.60. The second-order valence-electron chi connectivity index (χ2n) is 3.58. The Morgan fingerprint density at radius 2 is 2.17 bits per heavy atom. The first-order valence-electron chi connectivity index (χ1n) is 5.16. The minimum absolute atomic E-state index is 0.0644. The Hall–Kier alpha value is -1.96. The molecule has 1 N–H and O–H groups in total. The topological polar surface area (TPSA) is 90.6 Å². The molecule has 0 aromatic carbocycles. The van der Waals surface area contributed by atoms with Crippen molar-refractivity contribution in [1.82, 2.24) is 29.7 Å². The summed E-state index contributed by atoms with van der Waals surface area (Å²) in [7, 11) is 3.32.